The highest BCUT2D eigenvalue weighted by Crippen LogP contribution is 2.24. The van der Waals surface area contributed by atoms with Crippen LogP contribution in [0, 0.1) is 25.2 Å². The number of nitrogens with one attached hydrogen (secondary N) is 1. The van der Waals surface area contributed by atoms with Crippen LogP contribution in [-0.4, -0.2) is 11.5 Å². The number of rotatable bonds is 5. The van der Waals surface area contributed by atoms with Gasteiger partial charge in [0.15, 0.2) is 5.13 Å². The normalized spacial score (nSPS) is 11.8. The molecule has 0 aliphatic rings. The number of benzene rings is 1. The maximum atomic E-state index is 8.95. The summed E-state index contributed by atoms with van der Waals surface area (Å²) in [7, 11) is 0. The number of nitrogens with zero attached hydrogens (tertiary/aromatic N) is 2. The van der Waals surface area contributed by atoms with Crippen LogP contribution in [-0.2, 0) is 0 Å². The number of anilines is 1. The van der Waals surface area contributed by atoms with Crippen LogP contribution < -0.4 is 5.32 Å². The lowest BCUT2D eigenvalue weighted by Gasteiger charge is -2.14. The minimum absolute atomic E-state index is 0.204. The summed E-state index contributed by atoms with van der Waals surface area (Å²) >= 11 is 1.66. The third-order valence-electron chi connectivity index (χ3n) is 3.14. The number of nitriles is 1. The van der Waals surface area contributed by atoms with E-state index in [2.05, 4.69) is 35.4 Å². The lowest BCUT2D eigenvalue weighted by atomic mass is 9.96. The Balaban J connectivity index is 2.04. The predicted molar refractivity (Wildman–Crippen MR) is 79.5 cm³/mol. The van der Waals surface area contributed by atoms with Crippen LogP contribution in [0.25, 0.3) is 0 Å². The molecule has 4 heteroatoms. The van der Waals surface area contributed by atoms with Crippen molar-refractivity contribution < 1.29 is 0 Å². The summed E-state index contributed by atoms with van der Waals surface area (Å²) in [6.45, 7) is 4.83. The van der Waals surface area contributed by atoms with E-state index in [0.29, 0.717) is 6.42 Å². The Morgan fingerprint density at radius 1 is 1.32 bits per heavy atom. The quantitative estimate of drug-likeness (QED) is 0.898. The molecule has 1 heterocycles. The van der Waals surface area contributed by atoms with Crippen molar-refractivity contribution in [2.45, 2.75) is 26.2 Å². The van der Waals surface area contributed by atoms with Gasteiger partial charge in [-0.2, -0.15) is 5.26 Å². The summed E-state index contributed by atoms with van der Waals surface area (Å²) in [5.41, 5.74) is 2.27. The molecule has 1 aromatic heterocycles. The van der Waals surface area contributed by atoms with Gasteiger partial charge in [0.2, 0.25) is 0 Å². The fourth-order valence-electron chi connectivity index (χ4n) is 1.90. The maximum Gasteiger partial charge on any atom is 0.183 e. The molecule has 19 heavy (non-hydrogen) atoms. The highest BCUT2D eigenvalue weighted by Gasteiger charge is 2.12. The second-order valence-electron chi connectivity index (χ2n) is 4.51. The van der Waals surface area contributed by atoms with Crippen molar-refractivity contribution in [1.29, 1.82) is 5.26 Å². The zero-order valence-electron chi connectivity index (χ0n) is 11.2. The molecule has 0 aliphatic heterocycles. The first-order valence-corrected chi connectivity index (χ1v) is 7.12. The molecule has 1 unspecified atom stereocenters. The third kappa shape index (κ3) is 3.55. The van der Waals surface area contributed by atoms with Gasteiger partial charge in [-0.3, -0.25) is 0 Å². The van der Waals surface area contributed by atoms with Gasteiger partial charge in [-0.1, -0.05) is 30.3 Å². The highest BCUT2D eigenvalue weighted by atomic mass is 32.1. The van der Waals surface area contributed by atoms with Gasteiger partial charge in [-0.05, 0) is 19.4 Å². The fourth-order valence-corrected chi connectivity index (χ4v) is 2.72. The SMILES string of the molecule is Cc1nc(NCC(CC#N)c2ccccc2)sc1C. The van der Waals surface area contributed by atoms with E-state index in [1.807, 2.05) is 25.1 Å². The van der Waals surface area contributed by atoms with Gasteiger partial charge in [0.05, 0.1) is 11.8 Å². The lowest BCUT2D eigenvalue weighted by molar-refractivity contribution is 0.741. The Morgan fingerprint density at radius 2 is 2.05 bits per heavy atom. The van der Waals surface area contributed by atoms with Crippen molar-refractivity contribution >= 4 is 16.5 Å². The largest absolute Gasteiger partial charge is 0.361 e. The summed E-state index contributed by atoms with van der Waals surface area (Å²) < 4.78 is 0. The van der Waals surface area contributed by atoms with E-state index in [-0.39, 0.29) is 5.92 Å². The van der Waals surface area contributed by atoms with Crippen molar-refractivity contribution in [3.63, 3.8) is 0 Å². The molecular formula is C15H17N3S. The smallest absolute Gasteiger partial charge is 0.183 e. The number of hydrogen-bond acceptors (Lipinski definition) is 4. The minimum atomic E-state index is 0.204. The monoisotopic (exact) mass is 271 g/mol. The van der Waals surface area contributed by atoms with Crippen molar-refractivity contribution in [1.82, 2.24) is 4.98 Å². The Kier molecular flexibility index (Phi) is 4.53. The summed E-state index contributed by atoms with van der Waals surface area (Å²) in [4.78, 5) is 5.70. The van der Waals surface area contributed by atoms with Gasteiger partial charge >= 0.3 is 0 Å². The Hall–Kier alpha value is -1.86. The molecule has 0 radical (unpaired) electrons. The molecule has 0 amide bonds. The van der Waals surface area contributed by atoms with Gasteiger partial charge < -0.3 is 5.32 Å². The Morgan fingerprint density at radius 3 is 2.63 bits per heavy atom. The Bertz CT molecular complexity index is 549. The van der Waals surface area contributed by atoms with Crippen LogP contribution in [0.3, 0.4) is 0 Å². The molecule has 2 aromatic rings. The van der Waals surface area contributed by atoms with Gasteiger partial charge in [0.1, 0.15) is 0 Å². The standard InChI is InChI=1S/C15H17N3S/c1-11-12(2)19-15(18-11)17-10-14(8-9-16)13-6-4-3-5-7-13/h3-7,14H,8,10H2,1-2H3,(H,17,18). The van der Waals surface area contributed by atoms with E-state index in [4.69, 9.17) is 5.26 Å². The summed E-state index contributed by atoms with van der Waals surface area (Å²) in [6.07, 6.45) is 0.514. The van der Waals surface area contributed by atoms with E-state index < -0.39 is 0 Å². The van der Waals surface area contributed by atoms with Gasteiger partial charge in [-0.25, -0.2) is 4.98 Å². The van der Waals surface area contributed by atoms with E-state index in [1.165, 1.54) is 10.4 Å². The molecule has 0 saturated carbocycles. The second kappa shape index (κ2) is 6.35. The first-order valence-electron chi connectivity index (χ1n) is 6.30. The van der Waals surface area contributed by atoms with E-state index in [9.17, 15) is 0 Å². The van der Waals surface area contributed by atoms with E-state index >= 15 is 0 Å². The Labute approximate surface area is 117 Å². The van der Waals surface area contributed by atoms with Crippen LogP contribution in [0.15, 0.2) is 30.3 Å². The molecule has 0 bridgehead atoms. The molecule has 98 valence electrons. The first kappa shape index (κ1) is 13.6. The molecule has 0 saturated heterocycles. The molecule has 1 N–H and O–H groups in total. The molecule has 1 aromatic carbocycles. The van der Waals surface area contributed by atoms with Gasteiger partial charge in [-0.15, -0.1) is 11.3 Å². The molecule has 3 nitrogen and oxygen atoms in total. The van der Waals surface area contributed by atoms with Gasteiger partial charge in [0, 0.05) is 23.8 Å². The van der Waals surface area contributed by atoms with Crippen molar-refractivity contribution in [3.8, 4) is 6.07 Å². The van der Waals surface area contributed by atoms with Gasteiger partial charge in [0.25, 0.3) is 0 Å². The van der Waals surface area contributed by atoms with Crippen LogP contribution >= 0.6 is 11.3 Å². The third-order valence-corrected chi connectivity index (χ3v) is 4.17. The first-order chi connectivity index (χ1) is 9.20. The summed E-state index contributed by atoms with van der Waals surface area (Å²) in [5.74, 6) is 0.204. The van der Waals surface area contributed by atoms with Crippen LogP contribution in [0.2, 0.25) is 0 Å². The average molecular weight is 271 g/mol. The highest BCUT2D eigenvalue weighted by molar-refractivity contribution is 7.15. The minimum Gasteiger partial charge on any atom is -0.361 e. The second-order valence-corrected chi connectivity index (χ2v) is 5.71. The van der Waals surface area contributed by atoms with Crippen LogP contribution in [0.4, 0.5) is 5.13 Å². The number of thiazole rings is 1. The summed E-state index contributed by atoms with van der Waals surface area (Å²) in [5, 5.41) is 13.2. The topological polar surface area (TPSA) is 48.7 Å². The van der Waals surface area contributed by atoms with Crippen molar-refractivity contribution in [2.75, 3.05) is 11.9 Å². The molecule has 0 fully saturated rings. The van der Waals surface area contributed by atoms with Crippen LogP contribution in [0.1, 0.15) is 28.5 Å². The zero-order valence-corrected chi connectivity index (χ0v) is 12.0. The average Bonchev–Trinajstić information content (AvgIpc) is 2.75. The molecule has 0 spiro atoms. The zero-order chi connectivity index (χ0) is 13.7. The molecule has 0 aliphatic carbocycles. The number of hydrogen-bond donors (Lipinski definition) is 1. The summed E-state index contributed by atoms with van der Waals surface area (Å²) in [6, 6.07) is 12.4. The maximum absolute atomic E-state index is 8.95. The fraction of sp³-hybridized carbons (Fsp3) is 0.333. The van der Waals surface area contributed by atoms with E-state index in [1.54, 1.807) is 11.3 Å². The molecule has 1 atom stereocenters. The molecule has 2 rings (SSSR count). The predicted octanol–water partition coefficient (Wildman–Crippen LogP) is 3.87. The number of aromatic nitrogens is 1. The number of aryl methyl sites for hydroxylation is 2. The van der Waals surface area contributed by atoms with Crippen LogP contribution in [0.5, 0.6) is 0 Å². The van der Waals surface area contributed by atoms with E-state index in [0.717, 1.165) is 17.4 Å². The van der Waals surface area contributed by atoms with Crippen molar-refractivity contribution in [2.24, 2.45) is 0 Å². The molecular weight excluding hydrogens is 254 g/mol. The van der Waals surface area contributed by atoms with Crippen molar-refractivity contribution in [3.05, 3.63) is 46.5 Å². The lowest BCUT2D eigenvalue weighted by Crippen LogP contribution is -2.12.